The Hall–Kier alpha value is -1.09. The molecule has 0 saturated carbocycles. The second-order valence-corrected chi connectivity index (χ2v) is 6.50. The molecule has 0 aliphatic heterocycles. The molecule has 0 aliphatic rings. The predicted molar refractivity (Wildman–Crippen MR) is 82.7 cm³/mol. The van der Waals surface area contributed by atoms with Crippen molar-refractivity contribution in [1.29, 1.82) is 0 Å². The standard InChI is InChI=1S/C17H28FNO/c1-6-11-19-15(9-10-17(2,3)4)13-7-8-14(18)16(12-13)20-5/h7-8,12,15,19H,6,9-11H2,1-5H3. The van der Waals surface area contributed by atoms with E-state index in [2.05, 4.69) is 33.0 Å². The molecule has 3 heteroatoms. The maximum Gasteiger partial charge on any atom is 0.165 e. The molecule has 0 saturated heterocycles. The monoisotopic (exact) mass is 281 g/mol. The van der Waals surface area contributed by atoms with Gasteiger partial charge in [0.15, 0.2) is 11.6 Å². The van der Waals surface area contributed by atoms with Crippen molar-refractivity contribution < 1.29 is 9.13 Å². The zero-order chi connectivity index (χ0) is 15.2. The highest BCUT2D eigenvalue weighted by molar-refractivity contribution is 5.32. The van der Waals surface area contributed by atoms with E-state index in [1.54, 1.807) is 0 Å². The minimum absolute atomic E-state index is 0.253. The fraction of sp³-hybridized carbons (Fsp3) is 0.647. The predicted octanol–water partition coefficient (Wildman–Crippen LogP) is 4.70. The van der Waals surface area contributed by atoms with E-state index < -0.39 is 0 Å². The maximum absolute atomic E-state index is 13.5. The summed E-state index contributed by atoms with van der Waals surface area (Å²) in [6.45, 7) is 9.85. The van der Waals surface area contributed by atoms with Gasteiger partial charge in [-0.1, -0.05) is 33.8 Å². The number of rotatable bonds is 7. The molecular formula is C17H28FNO. The molecule has 0 radical (unpaired) electrons. The number of ether oxygens (including phenoxy) is 1. The molecule has 1 unspecified atom stereocenters. The molecule has 1 rings (SSSR count). The first kappa shape index (κ1) is 17.0. The number of halogens is 1. The molecule has 20 heavy (non-hydrogen) atoms. The fourth-order valence-electron chi connectivity index (χ4n) is 2.18. The maximum atomic E-state index is 13.5. The summed E-state index contributed by atoms with van der Waals surface area (Å²) >= 11 is 0. The molecule has 0 fully saturated rings. The molecule has 0 bridgehead atoms. The van der Waals surface area contributed by atoms with E-state index in [1.807, 2.05) is 12.1 Å². The molecule has 0 amide bonds. The summed E-state index contributed by atoms with van der Waals surface area (Å²) in [6.07, 6.45) is 3.25. The highest BCUT2D eigenvalue weighted by Crippen LogP contribution is 2.29. The Kier molecular flexibility index (Phi) is 6.47. The highest BCUT2D eigenvalue weighted by Gasteiger charge is 2.17. The van der Waals surface area contributed by atoms with Gasteiger partial charge in [-0.2, -0.15) is 0 Å². The van der Waals surface area contributed by atoms with Gasteiger partial charge in [0.25, 0.3) is 0 Å². The first-order valence-electron chi connectivity index (χ1n) is 7.44. The Morgan fingerprint density at radius 2 is 2.00 bits per heavy atom. The van der Waals surface area contributed by atoms with Crippen molar-refractivity contribution in [3.63, 3.8) is 0 Å². The van der Waals surface area contributed by atoms with Crippen LogP contribution in [-0.2, 0) is 0 Å². The van der Waals surface area contributed by atoms with Gasteiger partial charge in [0.2, 0.25) is 0 Å². The summed E-state index contributed by atoms with van der Waals surface area (Å²) in [5.41, 5.74) is 1.40. The molecule has 0 aromatic heterocycles. The van der Waals surface area contributed by atoms with Gasteiger partial charge < -0.3 is 10.1 Å². The van der Waals surface area contributed by atoms with Crippen LogP contribution in [0.5, 0.6) is 5.75 Å². The Morgan fingerprint density at radius 1 is 1.30 bits per heavy atom. The number of benzene rings is 1. The van der Waals surface area contributed by atoms with Crippen LogP contribution in [0.2, 0.25) is 0 Å². The summed E-state index contributed by atoms with van der Waals surface area (Å²) in [4.78, 5) is 0. The molecule has 1 N–H and O–H groups in total. The zero-order valence-corrected chi connectivity index (χ0v) is 13.4. The van der Waals surface area contributed by atoms with E-state index in [0.717, 1.165) is 31.4 Å². The first-order valence-corrected chi connectivity index (χ1v) is 7.44. The van der Waals surface area contributed by atoms with E-state index >= 15 is 0 Å². The number of hydrogen-bond donors (Lipinski definition) is 1. The summed E-state index contributed by atoms with van der Waals surface area (Å²) in [7, 11) is 1.51. The lowest BCUT2D eigenvalue weighted by atomic mass is 9.87. The Morgan fingerprint density at radius 3 is 2.55 bits per heavy atom. The van der Waals surface area contributed by atoms with Gasteiger partial charge in [-0.05, 0) is 48.9 Å². The van der Waals surface area contributed by atoms with Crippen molar-refractivity contribution in [3.8, 4) is 5.75 Å². The first-order chi connectivity index (χ1) is 9.37. The SMILES string of the molecule is CCCNC(CCC(C)(C)C)c1ccc(F)c(OC)c1. The van der Waals surface area contributed by atoms with Gasteiger partial charge in [0.1, 0.15) is 0 Å². The average molecular weight is 281 g/mol. The molecule has 0 spiro atoms. The van der Waals surface area contributed by atoms with Crippen molar-refractivity contribution in [2.75, 3.05) is 13.7 Å². The van der Waals surface area contributed by atoms with Crippen LogP contribution in [0.15, 0.2) is 18.2 Å². The van der Waals surface area contributed by atoms with Crippen LogP contribution in [0.1, 0.15) is 58.6 Å². The third kappa shape index (κ3) is 5.49. The molecule has 1 aromatic carbocycles. The fourth-order valence-corrected chi connectivity index (χ4v) is 2.18. The van der Waals surface area contributed by atoms with E-state index in [-0.39, 0.29) is 11.9 Å². The summed E-state index contributed by atoms with van der Waals surface area (Å²) < 4.78 is 18.6. The van der Waals surface area contributed by atoms with E-state index in [9.17, 15) is 4.39 Å². The summed E-state index contributed by atoms with van der Waals surface area (Å²) in [5.74, 6) is 0.0165. The van der Waals surface area contributed by atoms with Crippen molar-refractivity contribution in [3.05, 3.63) is 29.6 Å². The molecule has 0 heterocycles. The van der Waals surface area contributed by atoms with E-state index in [0.29, 0.717) is 11.2 Å². The van der Waals surface area contributed by atoms with Gasteiger partial charge >= 0.3 is 0 Å². The number of methoxy groups -OCH3 is 1. The van der Waals surface area contributed by atoms with E-state index in [1.165, 1.54) is 13.2 Å². The van der Waals surface area contributed by atoms with Crippen LogP contribution < -0.4 is 10.1 Å². The van der Waals surface area contributed by atoms with Crippen molar-refractivity contribution in [2.45, 2.75) is 53.0 Å². The second-order valence-electron chi connectivity index (χ2n) is 6.50. The van der Waals surface area contributed by atoms with Crippen LogP contribution in [0.4, 0.5) is 4.39 Å². The van der Waals surface area contributed by atoms with Crippen LogP contribution >= 0.6 is 0 Å². The Balaban J connectivity index is 2.86. The quantitative estimate of drug-likeness (QED) is 0.782. The van der Waals surface area contributed by atoms with Crippen molar-refractivity contribution in [1.82, 2.24) is 5.32 Å². The summed E-state index contributed by atoms with van der Waals surface area (Å²) in [6, 6.07) is 5.41. The summed E-state index contributed by atoms with van der Waals surface area (Å²) in [5, 5.41) is 3.55. The van der Waals surface area contributed by atoms with Gasteiger partial charge in [-0.3, -0.25) is 0 Å². The number of nitrogens with one attached hydrogen (secondary N) is 1. The molecule has 0 aliphatic carbocycles. The zero-order valence-electron chi connectivity index (χ0n) is 13.4. The van der Waals surface area contributed by atoms with Crippen molar-refractivity contribution >= 4 is 0 Å². The lowest BCUT2D eigenvalue weighted by Gasteiger charge is -2.24. The average Bonchev–Trinajstić information content (AvgIpc) is 2.39. The number of hydrogen-bond acceptors (Lipinski definition) is 2. The second kappa shape index (κ2) is 7.63. The molecule has 2 nitrogen and oxygen atoms in total. The highest BCUT2D eigenvalue weighted by atomic mass is 19.1. The minimum atomic E-state index is -0.304. The van der Waals surface area contributed by atoms with Crippen LogP contribution in [0, 0.1) is 11.2 Å². The van der Waals surface area contributed by atoms with Crippen LogP contribution in [-0.4, -0.2) is 13.7 Å². The van der Waals surface area contributed by atoms with Crippen LogP contribution in [0.25, 0.3) is 0 Å². The third-order valence-corrected chi connectivity index (χ3v) is 3.40. The van der Waals surface area contributed by atoms with Gasteiger partial charge in [-0.15, -0.1) is 0 Å². The van der Waals surface area contributed by atoms with Crippen molar-refractivity contribution in [2.24, 2.45) is 5.41 Å². The molecule has 1 aromatic rings. The normalized spacial score (nSPS) is 13.3. The lowest BCUT2D eigenvalue weighted by molar-refractivity contribution is 0.331. The smallest absolute Gasteiger partial charge is 0.165 e. The molecule has 1 atom stereocenters. The third-order valence-electron chi connectivity index (χ3n) is 3.40. The minimum Gasteiger partial charge on any atom is -0.494 e. The van der Waals surface area contributed by atoms with Gasteiger partial charge in [0.05, 0.1) is 7.11 Å². The van der Waals surface area contributed by atoms with Gasteiger partial charge in [-0.25, -0.2) is 4.39 Å². The largest absolute Gasteiger partial charge is 0.494 e. The van der Waals surface area contributed by atoms with E-state index in [4.69, 9.17) is 4.74 Å². The molecular weight excluding hydrogens is 253 g/mol. The molecule has 114 valence electrons. The van der Waals surface area contributed by atoms with Crippen LogP contribution in [0.3, 0.4) is 0 Å². The van der Waals surface area contributed by atoms with Gasteiger partial charge in [0, 0.05) is 6.04 Å². The Bertz CT molecular complexity index is 412. The Labute approximate surface area is 122 Å². The lowest BCUT2D eigenvalue weighted by Crippen LogP contribution is -2.23. The topological polar surface area (TPSA) is 21.3 Å².